The van der Waals surface area contributed by atoms with E-state index in [-0.39, 0.29) is 6.01 Å². The van der Waals surface area contributed by atoms with Crippen molar-refractivity contribution in [3.63, 3.8) is 0 Å². The Morgan fingerprint density at radius 2 is 2.08 bits per heavy atom. The van der Waals surface area contributed by atoms with Crippen LogP contribution in [0.15, 0.2) is 12.3 Å². The van der Waals surface area contributed by atoms with Crippen LogP contribution < -0.4 is 4.90 Å². The molecule has 1 aromatic rings. The molecule has 0 amide bonds. The maximum atomic E-state index is 9.00. The van der Waals surface area contributed by atoms with E-state index in [1.165, 1.54) is 0 Å². The SMILES string of the molecule is CCN(CC)c1ccnc(O)n1. The molecule has 0 fully saturated rings. The Balaban J connectivity index is 2.85. The third-order valence-electron chi connectivity index (χ3n) is 1.72. The zero-order chi connectivity index (χ0) is 8.97. The van der Waals surface area contributed by atoms with Crippen LogP contribution in [0.4, 0.5) is 5.82 Å². The lowest BCUT2D eigenvalue weighted by Gasteiger charge is -2.18. The summed E-state index contributed by atoms with van der Waals surface area (Å²) in [4.78, 5) is 9.54. The number of rotatable bonds is 3. The molecule has 0 unspecified atom stereocenters. The molecule has 0 aliphatic heterocycles. The molecule has 0 aliphatic carbocycles. The second kappa shape index (κ2) is 3.90. The van der Waals surface area contributed by atoms with Gasteiger partial charge in [-0.3, -0.25) is 0 Å². The summed E-state index contributed by atoms with van der Waals surface area (Å²) in [5.74, 6) is 0.771. The predicted molar refractivity (Wildman–Crippen MR) is 47.3 cm³/mol. The van der Waals surface area contributed by atoms with Gasteiger partial charge in [-0.2, -0.15) is 4.98 Å². The fourth-order valence-electron chi connectivity index (χ4n) is 1.06. The molecule has 1 N–H and O–H groups in total. The van der Waals surface area contributed by atoms with Crippen molar-refractivity contribution < 1.29 is 5.11 Å². The van der Waals surface area contributed by atoms with Crippen molar-refractivity contribution >= 4 is 5.82 Å². The van der Waals surface area contributed by atoms with Crippen LogP contribution in [0, 0.1) is 0 Å². The van der Waals surface area contributed by atoms with E-state index in [1.807, 2.05) is 18.7 Å². The molecule has 1 aromatic heterocycles. The molecule has 0 aromatic carbocycles. The molecule has 0 aliphatic rings. The van der Waals surface area contributed by atoms with Crippen LogP contribution in [0.3, 0.4) is 0 Å². The van der Waals surface area contributed by atoms with Crippen molar-refractivity contribution in [3.05, 3.63) is 12.3 Å². The van der Waals surface area contributed by atoms with Gasteiger partial charge >= 0.3 is 6.01 Å². The maximum Gasteiger partial charge on any atom is 0.315 e. The summed E-state index contributed by atoms with van der Waals surface area (Å²) in [5, 5.41) is 9.00. The molecule has 66 valence electrons. The van der Waals surface area contributed by atoms with E-state index in [2.05, 4.69) is 9.97 Å². The Morgan fingerprint density at radius 3 is 2.58 bits per heavy atom. The third-order valence-corrected chi connectivity index (χ3v) is 1.72. The lowest BCUT2D eigenvalue weighted by atomic mass is 10.4. The lowest BCUT2D eigenvalue weighted by Crippen LogP contribution is -2.22. The maximum absolute atomic E-state index is 9.00. The minimum atomic E-state index is -0.167. The summed E-state index contributed by atoms with van der Waals surface area (Å²) in [6.07, 6.45) is 1.55. The van der Waals surface area contributed by atoms with Crippen molar-refractivity contribution in [1.29, 1.82) is 0 Å². The Kier molecular flexibility index (Phi) is 2.85. The second-order valence-electron chi connectivity index (χ2n) is 2.39. The number of anilines is 1. The zero-order valence-electron chi connectivity index (χ0n) is 7.36. The van der Waals surface area contributed by atoms with Gasteiger partial charge in [-0.1, -0.05) is 0 Å². The minimum Gasteiger partial charge on any atom is -0.479 e. The molecule has 0 saturated carbocycles. The number of nitrogens with zero attached hydrogens (tertiary/aromatic N) is 3. The third kappa shape index (κ3) is 1.84. The average molecular weight is 167 g/mol. The fourth-order valence-corrected chi connectivity index (χ4v) is 1.06. The standard InChI is InChI=1S/C8H13N3O/c1-3-11(4-2)7-5-6-9-8(12)10-7/h5-6H,3-4H2,1-2H3,(H,9,10,12). The molecule has 0 atom stereocenters. The largest absolute Gasteiger partial charge is 0.479 e. The van der Waals surface area contributed by atoms with E-state index in [9.17, 15) is 0 Å². The topological polar surface area (TPSA) is 49.2 Å². The average Bonchev–Trinajstić information content (AvgIpc) is 2.07. The highest BCUT2D eigenvalue weighted by atomic mass is 16.3. The first-order valence-corrected chi connectivity index (χ1v) is 4.04. The van der Waals surface area contributed by atoms with Gasteiger partial charge < -0.3 is 10.0 Å². The Hall–Kier alpha value is -1.32. The summed E-state index contributed by atoms with van der Waals surface area (Å²) in [5.41, 5.74) is 0. The first-order valence-electron chi connectivity index (χ1n) is 4.04. The van der Waals surface area contributed by atoms with Gasteiger partial charge in [0.2, 0.25) is 0 Å². The van der Waals surface area contributed by atoms with Gasteiger partial charge in [0.1, 0.15) is 5.82 Å². The monoisotopic (exact) mass is 167 g/mol. The summed E-state index contributed by atoms with van der Waals surface area (Å²) >= 11 is 0. The van der Waals surface area contributed by atoms with Crippen molar-refractivity contribution in [2.75, 3.05) is 18.0 Å². The van der Waals surface area contributed by atoms with E-state index in [1.54, 1.807) is 12.3 Å². The Morgan fingerprint density at radius 1 is 1.42 bits per heavy atom. The van der Waals surface area contributed by atoms with Gasteiger partial charge in [0.15, 0.2) is 0 Å². The Bertz CT molecular complexity index is 248. The molecular weight excluding hydrogens is 154 g/mol. The molecule has 12 heavy (non-hydrogen) atoms. The molecule has 4 heteroatoms. The number of hydrogen-bond acceptors (Lipinski definition) is 4. The van der Waals surface area contributed by atoms with E-state index in [0.29, 0.717) is 0 Å². The van der Waals surface area contributed by atoms with E-state index >= 15 is 0 Å². The van der Waals surface area contributed by atoms with Gasteiger partial charge in [0.05, 0.1) is 0 Å². The van der Waals surface area contributed by atoms with Crippen LogP contribution in [0.5, 0.6) is 6.01 Å². The van der Waals surface area contributed by atoms with E-state index < -0.39 is 0 Å². The van der Waals surface area contributed by atoms with Crippen LogP contribution in [0.2, 0.25) is 0 Å². The van der Waals surface area contributed by atoms with E-state index in [0.717, 1.165) is 18.9 Å². The number of aromatic nitrogens is 2. The van der Waals surface area contributed by atoms with Crippen molar-refractivity contribution in [2.45, 2.75) is 13.8 Å². The van der Waals surface area contributed by atoms with Crippen LogP contribution in [-0.4, -0.2) is 28.2 Å². The lowest BCUT2D eigenvalue weighted by molar-refractivity contribution is 0.430. The highest BCUT2D eigenvalue weighted by Crippen LogP contribution is 2.11. The summed E-state index contributed by atoms with van der Waals surface area (Å²) in [6.45, 7) is 5.85. The highest BCUT2D eigenvalue weighted by molar-refractivity contribution is 5.37. The van der Waals surface area contributed by atoms with Crippen molar-refractivity contribution in [1.82, 2.24) is 9.97 Å². The zero-order valence-corrected chi connectivity index (χ0v) is 7.36. The molecule has 4 nitrogen and oxygen atoms in total. The predicted octanol–water partition coefficient (Wildman–Crippen LogP) is 1.03. The van der Waals surface area contributed by atoms with Crippen molar-refractivity contribution in [3.8, 4) is 6.01 Å². The minimum absolute atomic E-state index is 0.167. The van der Waals surface area contributed by atoms with Crippen LogP contribution >= 0.6 is 0 Å². The van der Waals surface area contributed by atoms with Gasteiger partial charge in [-0.15, -0.1) is 0 Å². The highest BCUT2D eigenvalue weighted by Gasteiger charge is 2.03. The Labute approximate surface area is 71.9 Å². The molecule has 1 rings (SSSR count). The molecule has 0 bridgehead atoms. The van der Waals surface area contributed by atoms with Gasteiger partial charge in [-0.25, -0.2) is 4.98 Å². The summed E-state index contributed by atoms with van der Waals surface area (Å²) in [6, 6.07) is 1.62. The van der Waals surface area contributed by atoms with Crippen molar-refractivity contribution in [2.24, 2.45) is 0 Å². The molecule has 0 spiro atoms. The first-order chi connectivity index (χ1) is 5.77. The van der Waals surface area contributed by atoms with Gasteiger partial charge in [-0.05, 0) is 19.9 Å². The molecule has 0 saturated heterocycles. The fraction of sp³-hybridized carbons (Fsp3) is 0.500. The normalized spacial score (nSPS) is 9.83. The van der Waals surface area contributed by atoms with Crippen LogP contribution in [-0.2, 0) is 0 Å². The van der Waals surface area contributed by atoms with Gasteiger partial charge in [0.25, 0.3) is 0 Å². The quantitative estimate of drug-likeness (QED) is 0.730. The van der Waals surface area contributed by atoms with E-state index in [4.69, 9.17) is 5.11 Å². The smallest absolute Gasteiger partial charge is 0.315 e. The second-order valence-corrected chi connectivity index (χ2v) is 2.39. The molecule has 1 heterocycles. The van der Waals surface area contributed by atoms with Crippen LogP contribution in [0.25, 0.3) is 0 Å². The number of aromatic hydroxyl groups is 1. The summed E-state index contributed by atoms with van der Waals surface area (Å²) < 4.78 is 0. The van der Waals surface area contributed by atoms with Gasteiger partial charge in [0, 0.05) is 19.3 Å². The number of hydrogen-bond donors (Lipinski definition) is 1. The summed E-state index contributed by atoms with van der Waals surface area (Å²) in [7, 11) is 0. The van der Waals surface area contributed by atoms with Crippen LogP contribution in [0.1, 0.15) is 13.8 Å². The molecule has 0 radical (unpaired) electrons. The molecular formula is C8H13N3O. The first kappa shape index (κ1) is 8.77.